The van der Waals surface area contributed by atoms with Crippen LogP contribution in [0, 0.1) is 0 Å². The topological polar surface area (TPSA) is 3.88 Å². The molecule has 1 aromatic heterocycles. The molecule has 0 unspecified atom stereocenters. The fraction of sp³-hybridized carbons (Fsp3) is 0. The van der Waals surface area contributed by atoms with E-state index in [1.54, 1.807) is 0 Å². The largest absolute Gasteiger partial charge is 0.219 e. The van der Waals surface area contributed by atoms with Crippen molar-refractivity contribution in [3.05, 3.63) is 132 Å². The summed E-state index contributed by atoms with van der Waals surface area (Å²) in [5, 5.41) is 0. The number of rotatable bonds is 4. The van der Waals surface area contributed by atoms with Crippen LogP contribution < -0.4 is 4.57 Å². The highest BCUT2D eigenvalue weighted by atomic mass is 79.9. The lowest BCUT2D eigenvalue weighted by atomic mass is 9.98. The van der Waals surface area contributed by atoms with E-state index in [4.69, 9.17) is 0 Å². The third-order valence-corrected chi connectivity index (χ3v) is 5.93. The molecule has 5 rings (SSSR count). The SMILES string of the molecule is Brc1ccc(-[n+]2c(-c3ccccc3)cc(-c3ccccc3)cc2-c2ccccc2)cc1. The van der Waals surface area contributed by atoms with Gasteiger partial charge in [-0.1, -0.05) is 82.7 Å². The summed E-state index contributed by atoms with van der Waals surface area (Å²) in [5.41, 5.74) is 8.21. The molecule has 0 N–H and O–H groups in total. The van der Waals surface area contributed by atoms with E-state index in [2.05, 4.69) is 148 Å². The molecule has 0 amide bonds. The van der Waals surface area contributed by atoms with Gasteiger partial charge in [0.05, 0.1) is 0 Å². The minimum Gasteiger partial charge on any atom is -0.153 e. The van der Waals surface area contributed by atoms with Gasteiger partial charge in [0.1, 0.15) is 0 Å². The van der Waals surface area contributed by atoms with Crippen LogP contribution in [0.2, 0.25) is 0 Å². The quantitative estimate of drug-likeness (QED) is 0.240. The van der Waals surface area contributed by atoms with E-state index in [9.17, 15) is 0 Å². The maximum Gasteiger partial charge on any atom is 0.219 e. The Labute approximate surface area is 191 Å². The molecule has 0 bridgehead atoms. The van der Waals surface area contributed by atoms with Crippen molar-refractivity contribution in [3.63, 3.8) is 0 Å². The molecule has 0 fully saturated rings. The second kappa shape index (κ2) is 8.71. The molecule has 0 aliphatic heterocycles. The molecule has 5 aromatic rings. The first kappa shape index (κ1) is 19.5. The Hall–Kier alpha value is -3.49. The van der Waals surface area contributed by atoms with Crippen LogP contribution in [0.5, 0.6) is 0 Å². The molecule has 0 aliphatic carbocycles. The van der Waals surface area contributed by atoms with E-state index in [0.717, 1.165) is 21.5 Å². The molecule has 0 spiro atoms. The zero-order valence-electron chi connectivity index (χ0n) is 16.9. The third-order valence-electron chi connectivity index (χ3n) is 5.40. The van der Waals surface area contributed by atoms with E-state index >= 15 is 0 Å². The normalized spacial score (nSPS) is 10.7. The molecule has 0 saturated carbocycles. The van der Waals surface area contributed by atoms with Crippen molar-refractivity contribution < 1.29 is 4.57 Å². The van der Waals surface area contributed by atoms with E-state index in [-0.39, 0.29) is 0 Å². The van der Waals surface area contributed by atoms with Crippen molar-refractivity contribution >= 4 is 15.9 Å². The molecule has 148 valence electrons. The van der Waals surface area contributed by atoms with Gasteiger partial charge in [-0.15, -0.1) is 0 Å². The van der Waals surface area contributed by atoms with Crippen molar-refractivity contribution in [3.8, 4) is 39.3 Å². The number of hydrogen-bond acceptors (Lipinski definition) is 0. The maximum absolute atomic E-state index is 3.58. The average Bonchev–Trinajstić information content (AvgIpc) is 2.85. The van der Waals surface area contributed by atoms with Gasteiger partial charge in [0.25, 0.3) is 0 Å². The van der Waals surface area contributed by atoms with E-state index in [0.29, 0.717) is 0 Å². The van der Waals surface area contributed by atoms with Crippen molar-refractivity contribution in [1.29, 1.82) is 0 Å². The van der Waals surface area contributed by atoms with E-state index < -0.39 is 0 Å². The lowest BCUT2D eigenvalue weighted by Gasteiger charge is -2.12. The van der Waals surface area contributed by atoms with Gasteiger partial charge in [-0.05, 0) is 47.5 Å². The molecule has 0 radical (unpaired) electrons. The van der Waals surface area contributed by atoms with Crippen LogP contribution in [-0.2, 0) is 0 Å². The second-order valence-corrected chi connectivity index (χ2v) is 8.34. The lowest BCUT2D eigenvalue weighted by molar-refractivity contribution is -0.572. The molecule has 2 heteroatoms. The van der Waals surface area contributed by atoms with Gasteiger partial charge >= 0.3 is 0 Å². The maximum atomic E-state index is 3.58. The molecule has 31 heavy (non-hydrogen) atoms. The summed E-state index contributed by atoms with van der Waals surface area (Å²) in [4.78, 5) is 0. The van der Waals surface area contributed by atoms with Crippen LogP contribution in [-0.4, -0.2) is 0 Å². The summed E-state index contributed by atoms with van der Waals surface area (Å²) in [6.07, 6.45) is 0. The molecule has 4 aromatic carbocycles. The van der Waals surface area contributed by atoms with Gasteiger partial charge in [-0.3, -0.25) is 0 Å². The molecule has 0 saturated heterocycles. The number of benzene rings is 4. The van der Waals surface area contributed by atoms with Crippen molar-refractivity contribution in [2.24, 2.45) is 0 Å². The zero-order valence-corrected chi connectivity index (χ0v) is 18.5. The van der Waals surface area contributed by atoms with Crippen molar-refractivity contribution in [2.75, 3.05) is 0 Å². The summed E-state index contributed by atoms with van der Waals surface area (Å²) >= 11 is 3.58. The predicted octanol–water partition coefficient (Wildman–Crippen LogP) is 7.73. The highest BCUT2D eigenvalue weighted by molar-refractivity contribution is 9.10. The van der Waals surface area contributed by atoms with Crippen LogP contribution in [0.4, 0.5) is 0 Å². The third kappa shape index (κ3) is 4.08. The Balaban J connectivity index is 1.87. The van der Waals surface area contributed by atoms with E-state index in [1.165, 1.54) is 22.3 Å². The minimum atomic E-state index is 1.07. The second-order valence-electron chi connectivity index (χ2n) is 7.42. The Morgan fingerprint density at radius 1 is 0.419 bits per heavy atom. The van der Waals surface area contributed by atoms with Crippen LogP contribution in [0.1, 0.15) is 0 Å². The van der Waals surface area contributed by atoms with Gasteiger partial charge in [-0.2, -0.15) is 4.57 Å². The molecule has 0 atom stereocenters. The van der Waals surface area contributed by atoms with Gasteiger partial charge in [-0.25, -0.2) is 0 Å². The van der Waals surface area contributed by atoms with Crippen LogP contribution in [0.25, 0.3) is 39.3 Å². The highest BCUT2D eigenvalue weighted by Crippen LogP contribution is 2.30. The van der Waals surface area contributed by atoms with Gasteiger partial charge < -0.3 is 0 Å². The number of halogens is 1. The fourth-order valence-electron chi connectivity index (χ4n) is 3.90. The number of pyridine rings is 1. The average molecular weight is 463 g/mol. The monoisotopic (exact) mass is 462 g/mol. The molecular weight excluding hydrogens is 442 g/mol. The zero-order chi connectivity index (χ0) is 21.0. The van der Waals surface area contributed by atoms with E-state index in [1.807, 2.05) is 0 Å². The number of aromatic nitrogens is 1. The fourth-order valence-corrected chi connectivity index (χ4v) is 4.17. The Kier molecular flexibility index (Phi) is 5.47. The minimum absolute atomic E-state index is 1.07. The van der Waals surface area contributed by atoms with Gasteiger partial charge in [0.15, 0.2) is 0 Å². The van der Waals surface area contributed by atoms with Crippen molar-refractivity contribution in [1.82, 2.24) is 0 Å². The van der Waals surface area contributed by atoms with Crippen LogP contribution >= 0.6 is 15.9 Å². The Morgan fingerprint density at radius 3 is 1.29 bits per heavy atom. The molecular formula is C29H21BrN+. The van der Waals surface area contributed by atoms with Gasteiger partial charge in [0.2, 0.25) is 17.1 Å². The lowest BCUT2D eigenvalue weighted by Crippen LogP contribution is -2.36. The van der Waals surface area contributed by atoms with Gasteiger partial charge in [0, 0.05) is 39.9 Å². The number of hydrogen-bond donors (Lipinski definition) is 0. The molecule has 1 heterocycles. The smallest absolute Gasteiger partial charge is 0.153 e. The highest BCUT2D eigenvalue weighted by Gasteiger charge is 2.24. The summed E-state index contributed by atoms with van der Waals surface area (Å²) in [5.74, 6) is 0. The first-order valence-corrected chi connectivity index (χ1v) is 11.1. The Morgan fingerprint density at radius 2 is 0.839 bits per heavy atom. The van der Waals surface area contributed by atoms with Crippen LogP contribution in [0.15, 0.2) is 132 Å². The molecule has 0 aliphatic rings. The summed E-state index contributed by atoms with van der Waals surface area (Å²) in [6.45, 7) is 0. The first-order chi connectivity index (χ1) is 15.3. The Bertz CT molecular complexity index is 1240. The summed E-state index contributed by atoms with van der Waals surface area (Å²) in [7, 11) is 0. The summed E-state index contributed by atoms with van der Waals surface area (Å²) < 4.78 is 3.42. The number of nitrogens with zero attached hydrogens (tertiary/aromatic N) is 1. The van der Waals surface area contributed by atoms with Crippen LogP contribution in [0.3, 0.4) is 0 Å². The van der Waals surface area contributed by atoms with Crippen molar-refractivity contribution in [2.45, 2.75) is 0 Å². The first-order valence-electron chi connectivity index (χ1n) is 10.3. The molecule has 1 nitrogen and oxygen atoms in total. The standard InChI is InChI=1S/C29H21BrN/c30-26-16-18-27(19-17-26)31-28(23-12-6-2-7-13-23)20-25(22-10-4-1-5-11-22)21-29(31)24-14-8-3-9-15-24/h1-21H/q+1. The summed E-state index contributed by atoms with van der Waals surface area (Å²) in [6, 6.07) is 44.9. The predicted molar refractivity (Wildman–Crippen MR) is 132 cm³/mol.